The number of hydrogen-bond acceptors (Lipinski definition) is 4. The molecule has 1 aliphatic carbocycles. The zero-order valence-electron chi connectivity index (χ0n) is 14.8. The Morgan fingerprint density at radius 2 is 1.75 bits per heavy atom. The lowest BCUT2D eigenvalue weighted by molar-refractivity contribution is -0.150. The lowest BCUT2D eigenvalue weighted by Crippen LogP contribution is -2.43. The van der Waals surface area contributed by atoms with Gasteiger partial charge in [0.15, 0.2) is 13.2 Å². The first kappa shape index (κ1) is 18.3. The predicted molar refractivity (Wildman–Crippen MR) is 91.9 cm³/mol. The SMILES string of the molecule is Cc1cc(C)cc(OCC(=O)OCC(=O)NC2CCCCC2C)c1. The highest BCUT2D eigenvalue weighted by atomic mass is 16.6. The minimum atomic E-state index is -0.541. The van der Waals surface area contributed by atoms with E-state index >= 15 is 0 Å². The molecule has 1 aromatic rings. The molecule has 132 valence electrons. The van der Waals surface area contributed by atoms with E-state index in [0.29, 0.717) is 11.7 Å². The summed E-state index contributed by atoms with van der Waals surface area (Å²) in [6.07, 6.45) is 4.49. The third-order valence-corrected chi connectivity index (χ3v) is 4.37. The van der Waals surface area contributed by atoms with Gasteiger partial charge in [-0.1, -0.05) is 25.8 Å². The Labute approximate surface area is 143 Å². The Hall–Kier alpha value is -2.04. The van der Waals surface area contributed by atoms with Crippen molar-refractivity contribution in [3.63, 3.8) is 0 Å². The van der Waals surface area contributed by atoms with Crippen molar-refractivity contribution in [2.24, 2.45) is 5.92 Å². The van der Waals surface area contributed by atoms with E-state index in [1.807, 2.05) is 32.0 Å². The van der Waals surface area contributed by atoms with Crippen molar-refractivity contribution in [3.8, 4) is 5.75 Å². The highest BCUT2D eigenvalue weighted by Gasteiger charge is 2.23. The number of hydrogen-bond donors (Lipinski definition) is 1. The van der Waals surface area contributed by atoms with Crippen LogP contribution in [0, 0.1) is 19.8 Å². The molecule has 0 radical (unpaired) electrons. The third kappa shape index (κ3) is 5.87. The second-order valence-electron chi connectivity index (χ2n) is 6.71. The van der Waals surface area contributed by atoms with Gasteiger partial charge in [-0.05, 0) is 55.9 Å². The van der Waals surface area contributed by atoms with E-state index in [4.69, 9.17) is 9.47 Å². The van der Waals surface area contributed by atoms with E-state index in [0.717, 1.165) is 30.4 Å². The van der Waals surface area contributed by atoms with Gasteiger partial charge < -0.3 is 14.8 Å². The van der Waals surface area contributed by atoms with Gasteiger partial charge >= 0.3 is 5.97 Å². The molecule has 0 bridgehead atoms. The van der Waals surface area contributed by atoms with E-state index in [9.17, 15) is 9.59 Å². The van der Waals surface area contributed by atoms with Crippen LogP contribution in [-0.2, 0) is 14.3 Å². The zero-order valence-corrected chi connectivity index (χ0v) is 14.8. The van der Waals surface area contributed by atoms with Crippen molar-refractivity contribution in [3.05, 3.63) is 29.3 Å². The normalized spacial score (nSPS) is 20.3. The van der Waals surface area contributed by atoms with Crippen molar-refractivity contribution in [1.29, 1.82) is 0 Å². The Kier molecular flexibility index (Phi) is 6.64. The first-order valence-electron chi connectivity index (χ1n) is 8.60. The van der Waals surface area contributed by atoms with Crippen LogP contribution in [0.25, 0.3) is 0 Å². The molecule has 5 heteroatoms. The molecule has 1 aliphatic rings. The van der Waals surface area contributed by atoms with Crippen LogP contribution in [0.4, 0.5) is 0 Å². The molecule has 1 aromatic carbocycles. The minimum Gasteiger partial charge on any atom is -0.482 e. The third-order valence-electron chi connectivity index (χ3n) is 4.37. The molecule has 1 N–H and O–H groups in total. The molecule has 1 saturated carbocycles. The van der Waals surface area contributed by atoms with E-state index in [1.54, 1.807) is 0 Å². The molecular weight excluding hydrogens is 306 g/mol. The summed E-state index contributed by atoms with van der Waals surface area (Å²) < 4.78 is 10.4. The van der Waals surface area contributed by atoms with Gasteiger partial charge in [-0.2, -0.15) is 0 Å². The Balaban J connectivity index is 1.69. The van der Waals surface area contributed by atoms with Crippen LogP contribution in [0.5, 0.6) is 5.75 Å². The number of benzene rings is 1. The molecule has 0 spiro atoms. The van der Waals surface area contributed by atoms with Gasteiger partial charge in [0, 0.05) is 6.04 Å². The number of nitrogens with one attached hydrogen (secondary N) is 1. The van der Waals surface area contributed by atoms with Gasteiger partial charge in [-0.3, -0.25) is 4.79 Å². The average Bonchev–Trinajstić information content (AvgIpc) is 2.52. The minimum absolute atomic E-state index is 0.191. The molecule has 1 amide bonds. The van der Waals surface area contributed by atoms with Crippen molar-refractivity contribution in [2.45, 2.75) is 52.5 Å². The number of carbonyl (C=O) groups excluding carboxylic acids is 2. The summed E-state index contributed by atoms with van der Waals surface area (Å²) >= 11 is 0. The lowest BCUT2D eigenvalue weighted by atomic mass is 9.86. The summed E-state index contributed by atoms with van der Waals surface area (Å²) in [4.78, 5) is 23.6. The van der Waals surface area contributed by atoms with Crippen molar-refractivity contribution >= 4 is 11.9 Å². The molecule has 2 rings (SSSR count). The molecule has 5 nitrogen and oxygen atoms in total. The molecule has 0 saturated heterocycles. The number of ether oxygens (including phenoxy) is 2. The largest absolute Gasteiger partial charge is 0.482 e. The number of amides is 1. The molecule has 0 aromatic heterocycles. The summed E-state index contributed by atoms with van der Waals surface area (Å²) in [7, 11) is 0. The van der Waals surface area contributed by atoms with Crippen LogP contribution < -0.4 is 10.1 Å². The summed E-state index contributed by atoms with van der Waals surface area (Å²) in [6.45, 7) is 5.63. The smallest absolute Gasteiger partial charge is 0.344 e. The van der Waals surface area contributed by atoms with Crippen LogP contribution in [0.2, 0.25) is 0 Å². The quantitative estimate of drug-likeness (QED) is 0.813. The van der Waals surface area contributed by atoms with Gasteiger partial charge in [-0.25, -0.2) is 4.79 Å². The van der Waals surface area contributed by atoms with E-state index in [2.05, 4.69) is 12.2 Å². The topological polar surface area (TPSA) is 64.6 Å². The van der Waals surface area contributed by atoms with Gasteiger partial charge in [0.2, 0.25) is 0 Å². The maximum atomic E-state index is 11.9. The molecule has 2 atom stereocenters. The number of carbonyl (C=O) groups is 2. The zero-order chi connectivity index (χ0) is 17.5. The fourth-order valence-corrected chi connectivity index (χ4v) is 3.13. The van der Waals surface area contributed by atoms with Crippen molar-refractivity contribution < 1.29 is 19.1 Å². The van der Waals surface area contributed by atoms with Gasteiger partial charge in [-0.15, -0.1) is 0 Å². The average molecular weight is 333 g/mol. The van der Waals surface area contributed by atoms with E-state index in [-0.39, 0.29) is 25.2 Å². The second kappa shape index (κ2) is 8.71. The second-order valence-corrected chi connectivity index (χ2v) is 6.71. The van der Waals surface area contributed by atoms with Crippen LogP contribution >= 0.6 is 0 Å². The fraction of sp³-hybridized carbons (Fsp3) is 0.579. The van der Waals surface area contributed by atoms with Crippen molar-refractivity contribution in [1.82, 2.24) is 5.32 Å². The molecule has 24 heavy (non-hydrogen) atoms. The summed E-state index contributed by atoms with van der Waals surface area (Å²) in [6, 6.07) is 5.94. The Bertz CT molecular complexity index is 564. The van der Waals surface area contributed by atoms with Gasteiger partial charge in [0.05, 0.1) is 0 Å². The molecular formula is C19H27NO4. The molecule has 2 unspecified atom stereocenters. The van der Waals surface area contributed by atoms with E-state index < -0.39 is 5.97 Å². The van der Waals surface area contributed by atoms with Crippen molar-refractivity contribution in [2.75, 3.05) is 13.2 Å². The van der Waals surface area contributed by atoms with Crippen LogP contribution in [0.3, 0.4) is 0 Å². The maximum absolute atomic E-state index is 11.9. The fourth-order valence-electron chi connectivity index (χ4n) is 3.13. The highest BCUT2D eigenvalue weighted by molar-refractivity contribution is 5.81. The standard InChI is InChI=1S/C19H27NO4/c1-13-8-14(2)10-16(9-13)23-12-19(22)24-11-18(21)20-17-7-5-4-6-15(17)3/h8-10,15,17H,4-7,11-12H2,1-3H3,(H,20,21). The first-order valence-corrected chi connectivity index (χ1v) is 8.60. The number of aryl methyl sites for hydroxylation is 2. The Morgan fingerprint density at radius 1 is 1.08 bits per heavy atom. The van der Waals surface area contributed by atoms with Gasteiger partial charge in [0.1, 0.15) is 5.75 Å². The molecule has 1 fully saturated rings. The van der Waals surface area contributed by atoms with E-state index in [1.165, 1.54) is 6.42 Å². The summed E-state index contributed by atoms with van der Waals surface area (Å²) in [5, 5.41) is 2.96. The molecule has 0 aliphatic heterocycles. The maximum Gasteiger partial charge on any atom is 0.344 e. The van der Waals surface area contributed by atoms with Crippen LogP contribution in [0.1, 0.15) is 43.7 Å². The summed E-state index contributed by atoms with van der Waals surface area (Å²) in [5.41, 5.74) is 2.14. The summed E-state index contributed by atoms with van der Waals surface area (Å²) in [5.74, 6) is 0.325. The lowest BCUT2D eigenvalue weighted by Gasteiger charge is -2.29. The van der Waals surface area contributed by atoms with Crippen LogP contribution in [-0.4, -0.2) is 31.1 Å². The van der Waals surface area contributed by atoms with Gasteiger partial charge in [0.25, 0.3) is 5.91 Å². The predicted octanol–water partition coefficient (Wildman–Crippen LogP) is 2.92. The number of rotatable bonds is 6. The Morgan fingerprint density at radius 3 is 2.42 bits per heavy atom. The highest BCUT2D eigenvalue weighted by Crippen LogP contribution is 2.23. The molecule has 0 heterocycles. The monoisotopic (exact) mass is 333 g/mol. The number of esters is 1. The van der Waals surface area contributed by atoms with Crippen LogP contribution in [0.15, 0.2) is 18.2 Å². The first-order chi connectivity index (χ1) is 11.4.